The third-order valence-corrected chi connectivity index (χ3v) is 4.78. The largest absolute Gasteiger partial charge is 0.431 e. The highest BCUT2D eigenvalue weighted by molar-refractivity contribution is 5.91. The fourth-order valence-corrected chi connectivity index (χ4v) is 3.05. The second-order valence-electron chi connectivity index (χ2n) is 7.55. The lowest BCUT2D eigenvalue weighted by molar-refractivity contribution is -0.119. The molecule has 0 aliphatic heterocycles. The molecule has 8 nitrogen and oxygen atoms in total. The number of unbranched alkanes of at least 4 members (excludes halogenated alkanes) is 3. The second-order valence-corrected chi connectivity index (χ2v) is 7.55. The number of nitrogens with zero attached hydrogens (tertiary/aromatic N) is 4. The number of oxazole rings is 2. The van der Waals surface area contributed by atoms with Gasteiger partial charge in [0.1, 0.15) is 12.5 Å². The van der Waals surface area contributed by atoms with Crippen LogP contribution in [0.5, 0.6) is 0 Å². The summed E-state index contributed by atoms with van der Waals surface area (Å²) in [6, 6.07) is 0.681. The Bertz CT molecular complexity index is 732. The summed E-state index contributed by atoms with van der Waals surface area (Å²) in [5.41, 5.74) is 1.48. The van der Waals surface area contributed by atoms with Crippen LogP contribution in [0.2, 0.25) is 0 Å². The molecule has 2 aromatic rings. The van der Waals surface area contributed by atoms with Crippen molar-refractivity contribution in [1.29, 1.82) is 0 Å². The van der Waals surface area contributed by atoms with E-state index in [9.17, 15) is 9.59 Å². The van der Waals surface area contributed by atoms with Crippen LogP contribution in [-0.2, 0) is 9.59 Å². The van der Waals surface area contributed by atoms with E-state index in [1.54, 1.807) is 22.3 Å². The van der Waals surface area contributed by atoms with Crippen molar-refractivity contribution in [3.05, 3.63) is 23.9 Å². The zero-order valence-electron chi connectivity index (χ0n) is 18.6. The van der Waals surface area contributed by atoms with Crippen molar-refractivity contribution < 1.29 is 18.4 Å². The molecule has 8 heteroatoms. The van der Waals surface area contributed by atoms with Crippen molar-refractivity contribution in [2.75, 3.05) is 22.9 Å². The van der Waals surface area contributed by atoms with Crippen LogP contribution < -0.4 is 9.80 Å². The molecule has 0 saturated carbocycles. The summed E-state index contributed by atoms with van der Waals surface area (Å²) >= 11 is 0. The smallest absolute Gasteiger partial charge is 0.304 e. The van der Waals surface area contributed by atoms with Crippen molar-refractivity contribution in [2.45, 2.75) is 79.1 Å². The van der Waals surface area contributed by atoms with Gasteiger partial charge in [0, 0.05) is 25.9 Å². The van der Waals surface area contributed by atoms with Gasteiger partial charge in [-0.3, -0.25) is 19.4 Å². The monoisotopic (exact) mass is 418 g/mol. The van der Waals surface area contributed by atoms with Crippen molar-refractivity contribution in [1.82, 2.24) is 9.97 Å². The number of carbonyl (C=O) groups excluding carboxylic acids is 2. The lowest BCUT2D eigenvalue weighted by Gasteiger charge is -2.21. The third-order valence-electron chi connectivity index (χ3n) is 4.78. The van der Waals surface area contributed by atoms with Crippen molar-refractivity contribution in [3.63, 3.8) is 0 Å². The Morgan fingerprint density at radius 1 is 0.767 bits per heavy atom. The van der Waals surface area contributed by atoms with E-state index in [1.165, 1.54) is 0 Å². The average molecular weight is 419 g/mol. The van der Waals surface area contributed by atoms with Crippen LogP contribution in [-0.4, -0.2) is 34.9 Å². The minimum absolute atomic E-state index is 0.0119. The van der Waals surface area contributed by atoms with Gasteiger partial charge in [0.05, 0.1) is 11.4 Å². The molecule has 30 heavy (non-hydrogen) atoms. The molecule has 0 aliphatic rings. The maximum Gasteiger partial charge on any atom is 0.304 e. The summed E-state index contributed by atoms with van der Waals surface area (Å²) in [5, 5.41) is 0. The lowest BCUT2D eigenvalue weighted by Crippen LogP contribution is -2.34. The fraction of sp³-hybridized carbons (Fsp3) is 0.636. The molecule has 0 saturated heterocycles. The van der Waals surface area contributed by atoms with Crippen molar-refractivity contribution in [2.24, 2.45) is 0 Å². The van der Waals surface area contributed by atoms with Gasteiger partial charge in [-0.1, -0.05) is 26.7 Å². The van der Waals surface area contributed by atoms with E-state index in [0.29, 0.717) is 50.8 Å². The number of carbonyl (C=O) groups is 2. The standard InChI is InChI=1S/C22H34N4O4/c1-5-7-11-19(27)25(21-23-17(3)15-29-21)13-9-10-14-26(20(28)12-8-6-2)22-24-18(4)16-30-22/h15-16H,5-14H2,1-4H3. The Morgan fingerprint density at radius 3 is 1.47 bits per heavy atom. The topological polar surface area (TPSA) is 92.7 Å². The summed E-state index contributed by atoms with van der Waals surface area (Å²) < 4.78 is 10.9. The SMILES string of the molecule is CCCCC(=O)N(CCCCN(C(=O)CCCC)c1nc(C)co1)c1nc(C)co1. The number of rotatable bonds is 13. The highest BCUT2D eigenvalue weighted by atomic mass is 16.4. The first-order valence-electron chi connectivity index (χ1n) is 10.9. The van der Waals surface area contributed by atoms with E-state index < -0.39 is 0 Å². The molecule has 2 rings (SSSR count). The van der Waals surface area contributed by atoms with Gasteiger partial charge in [0.15, 0.2) is 0 Å². The summed E-state index contributed by atoms with van der Waals surface area (Å²) in [5.74, 6) is 0.0239. The number of hydrogen-bond donors (Lipinski definition) is 0. The quantitative estimate of drug-likeness (QED) is 0.434. The molecule has 166 valence electrons. The summed E-state index contributed by atoms with van der Waals surface area (Å²) in [6.45, 7) is 8.76. The van der Waals surface area contributed by atoms with Gasteiger partial charge >= 0.3 is 12.0 Å². The molecular weight excluding hydrogens is 384 g/mol. The zero-order valence-corrected chi connectivity index (χ0v) is 18.6. The Hall–Kier alpha value is -2.64. The fourth-order valence-electron chi connectivity index (χ4n) is 3.05. The molecular formula is C22H34N4O4. The number of aromatic nitrogens is 2. The van der Waals surface area contributed by atoms with Crippen LogP contribution >= 0.6 is 0 Å². The van der Waals surface area contributed by atoms with E-state index >= 15 is 0 Å². The predicted molar refractivity (Wildman–Crippen MR) is 115 cm³/mol. The highest BCUT2D eigenvalue weighted by Gasteiger charge is 2.22. The maximum atomic E-state index is 12.6. The summed E-state index contributed by atoms with van der Waals surface area (Å²) in [7, 11) is 0. The number of aryl methyl sites for hydroxylation is 2. The Morgan fingerprint density at radius 2 is 1.17 bits per heavy atom. The molecule has 0 unspecified atom stereocenters. The van der Waals surface area contributed by atoms with Gasteiger partial charge in [-0.25, -0.2) is 0 Å². The van der Waals surface area contributed by atoms with Gasteiger partial charge in [-0.05, 0) is 39.5 Å². The van der Waals surface area contributed by atoms with Gasteiger partial charge < -0.3 is 8.83 Å². The first-order chi connectivity index (χ1) is 14.5. The first-order valence-corrected chi connectivity index (χ1v) is 10.9. The van der Waals surface area contributed by atoms with Crippen LogP contribution in [0.25, 0.3) is 0 Å². The lowest BCUT2D eigenvalue weighted by atomic mass is 10.2. The van der Waals surface area contributed by atoms with E-state index in [0.717, 1.165) is 37.1 Å². The van der Waals surface area contributed by atoms with Gasteiger partial charge in [-0.2, -0.15) is 9.97 Å². The Balaban J connectivity index is 1.97. The van der Waals surface area contributed by atoms with Crippen LogP contribution in [0.3, 0.4) is 0 Å². The van der Waals surface area contributed by atoms with E-state index in [4.69, 9.17) is 8.83 Å². The second kappa shape index (κ2) is 12.1. The number of anilines is 2. The Labute approximate surface area is 178 Å². The molecule has 0 aliphatic carbocycles. The van der Waals surface area contributed by atoms with E-state index in [2.05, 4.69) is 23.8 Å². The van der Waals surface area contributed by atoms with Gasteiger partial charge in [-0.15, -0.1) is 0 Å². The summed E-state index contributed by atoms with van der Waals surface area (Å²) in [6.07, 6.45) is 9.01. The number of amides is 2. The van der Waals surface area contributed by atoms with E-state index in [1.807, 2.05) is 13.8 Å². The highest BCUT2D eigenvalue weighted by Crippen LogP contribution is 2.19. The van der Waals surface area contributed by atoms with Gasteiger partial charge in [0.25, 0.3) is 0 Å². The first kappa shape index (κ1) is 23.6. The van der Waals surface area contributed by atoms with Crippen molar-refractivity contribution >= 4 is 23.8 Å². The molecule has 0 aromatic carbocycles. The molecule has 2 aromatic heterocycles. The summed E-state index contributed by atoms with van der Waals surface area (Å²) in [4.78, 5) is 37.1. The predicted octanol–water partition coefficient (Wildman–Crippen LogP) is 4.81. The van der Waals surface area contributed by atoms with Crippen LogP contribution in [0.1, 0.15) is 76.6 Å². The zero-order chi connectivity index (χ0) is 21.9. The van der Waals surface area contributed by atoms with Crippen LogP contribution in [0.15, 0.2) is 21.4 Å². The van der Waals surface area contributed by atoms with Crippen LogP contribution in [0.4, 0.5) is 12.0 Å². The minimum Gasteiger partial charge on any atom is -0.431 e. The Kier molecular flexibility index (Phi) is 9.57. The molecule has 0 radical (unpaired) electrons. The molecule has 2 amide bonds. The van der Waals surface area contributed by atoms with Crippen molar-refractivity contribution in [3.8, 4) is 0 Å². The molecule has 2 heterocycles. The van der Waals surface area contributed by atoms with Crippen LogP contribution in [0, 0.1) is 13.8 Å². The molecule has 0 bridgehead atoms. The van der Waals surface area contributed by atoms with E-state index in [-0.39, 0.29) is 11.8 Å². The molecule has 0 spiro atoms. The minimum atomic E-state index is 0.0119. The molecule has 0 fully saturated rings. The molecule has 0 atom stereocenters. The third kappa shape index (κ3) is 7.00. The van der Waals surface area contributed by atoms with Gasteiger partial charge in [0.2, 0.25) is 11.8 Å². The molecule has 0 N–H and O–H groups in total. The normalized spacial score (nSPS) is 10.9. The average Bonchev–Trinajstić information content (AvgIpc) is 3.35. The number of hydrogen-bond acceptors (Lipinski definition) is 6. The maximum absolute atomic E-state index is 12.6.